The number of morpholine rings is 1. The predicted octanol–water partition coefficient (Wildman–Crippen LogP) is 3.21. The number of rotatable bonds is 4. The van der Waals surface area contributed by atoms with Gasteiger partial charge in [0.1, 0.15) is 11.9 Å². The first kappa shape index (κ1) is 16.0. The Morgan fingerprint density at radius 3 is 2.88 bits per heavy atom. The van der Waals surface area contributed by atoms with Gasteiger partial charge in [0, 0.05) is 32.0 Å². The molecule has 0 radical (unpaired) electrons. The van der Waals surface area contributed by atoms with Crippen LogP contribution in [0.5, 0.6) is 5.75 Å². The van der Waals surface area contributed by atoms with E-state index in [4.69, 9.17) is 9.47 Å². The highest BCUT2D eigenvalue weighted by Crippen LogP contribution is 2.24. The molecular formula is C20H21N3O2. The third kappa shape index (κ3) is 3.62. The Balaban J connectivity index is 1.48. The Hall–Kier alpha value is -2.50. The fourth-order valence-corrected chi connectivity index (χ4v) is 3.26. The number of hydrogen-bond acceptors (Lipinski definition) is 5. The predicted molar refractivity (Wildman–Crippen MR) is 96.5 cm³/mol. The molecule has 3 aromatic rings. The summed E-state index contributed by atoms with van der Waals surface area (Å²) in [6.45, 7) is 3.38. The highest BCUT2D eigenvalue weighted by molar-refractivity contribution is 5.84. The van der Waals surface area contributed by atoms with Crippen LogP contribution in [0.1, 0.15) is 17.4 Å². The van der Waals surface area contributed by atoms with Crippen molar-refractivity contribution in [3.05, 3.63) is 66.2 Å². The zero-order valence-electron chi connectivity index (χ0n) is 14.3. The van der Waals surface area contributed by atoms with Crippen molar-refractivity contribution in [2.45, 2.75) is 12.6 Å². The lowest BCUT2D eigenvalue weighted by molar-refractivity contribution is -0.0351. The lowest BCUT2D eigenvalue weighted by Gasteiger charge is -2.32. The van der Waals surface area contributed by atoms with E-state index < -0.39 is 0 Å². The van der Waals surface area contributed by atoms with Gasteiger partial charge in [0.05, 0.1) is 25.6 Å². The van der Waals surface area contributed by atoms with Crippen molar-refractivity contribution >= 4 is 10.8 Å². The third-order valence-electron chi connectivity index (χ3n) is 4.58. The molecule has 0 N–H and O–H groups in total. The molecule has 25 heavy (non-hydrogen) atoms. The summed E-state index contributed by atoms with van der Waals surface area (Å²) in [6.07, 6.45) is 5.19. The first-order chi connectivity index (χ1) is 12.3. The molecule has 2 aromatic carbocycles. The minimum Gasteiger partial charge on any atom is -0.497 e. The van der Waals surface area contributed by atoms with E-state index in [-0.39, 0.29) is 6.10 Å². The zero-order valence-corrected chi connectivity index (χ0v) is 14.3. The molecule has 5 heteroatoms. The average molecular weight is 335 g/mol. The van der Waals surface area contributed by atoms with Crippen LogP contribution in [0.25, 0.3) is 10.8 Å². The van der Waals surface area contributed by atoms with Crippen molar-refractivity contribution in [2.75, 3.05) is 26.8 Å². The van der Waals surface area contributed by atoms with Gasteiger partial charge in [-0.25, -0.2) is 0 Å². The van der Waals surface area contributed by atoms with E-state index in [1.807, 2.05) is 6.07 Å². The van der Waals surface area contributed by atoms with Gasteiger partial charge in [0.15, 0.2) is 0 Å². The minimum atomic E-state index is -0.00725. The fraction of sp³-hybridized carbons (Fsp3) is 0.300. The topological polar surface area (TPSA) is 47.5 Å². The summed E-state index contributed by atoms with van der Waals surface area (Å²) in [7, 11) is 1.70. The minimum absolute atomic E-state index is 0.00725. The molecule has 1 saturated heterocycles. The Morgan fingerprint density at radius 2 is 2.04 bits per heavy atom. The van der Waals surface area contributed by atoms with E-state index >= 15 is 0 Å². The average Bonchev–Trinajstić information content (AvgIpc) is 2.68. The van der Waals surface area contributed by atoms with Crippen molar-refractivity contribution in [1.82, 2.24) is 14.9 Å². The Bertz CT molecular complexity index is 854. The highest BCUT2D eigenvalue weighted by atomic mass is 16.5. The lowest BCUT2D eigenvalue weighted by atomic mass is 10.1. The molecule has 5 nitrogen and oxygen atoms in total. The molecule has 1 fully saturated rings. The van der Waals surface area contributed by atoms with Crippen LogP contribution < -0.4 is 4.74 Å². The van der Waals surface area contributed by atoms with Crippen LogP contribution in [0.3, 0.4) is 0 Å². The van der Waals surface area contributed by atoms with Gasteiger partial charge in [-0.05, 0) is 34.5 Å². The second kappa shape index (κ2) is 7.17. The van der Waals surface area contributed by atoms with E-state index in [1.54, 1.807) is 25.7 Å². The summed E-state index contributed by atoms with van der Waals surface area (Å²) < 4.78 is 11.2. The molecule has 4 rings (SSSR count). The zero-order chi connectivity index (χ0) is 17.1. The van der Waals surface area contributed by atoms with Crippen molar-refractivity contribution in [3.8, 4) is 5.75 Å². The molecule has 1 atom stereocenters. The number of ether oxygens (including phenoxy) is 2. The summed E-state index contributed by atoms with van der Waals surface area (Å²) in [5.41, 5.74) is 2.20. The fourth-order valence-electron chi connectivity index (χ4n) is 3.26. The van der Waals surface area contributed by atoms with Crippen molar-refractivity contribution in [1.29, 1.82) is 0 Å². The first-order valence-electron chi connectivity index (χ1n) is 8.48. The van der Waals surface area contributed by atoms with Gasteiger partial charge in [-0.15, -0.1) is 0 Å². The molecule has 1 aliphatic heterocycles. The van der Waals surface area contributed by atoms with Gasteiger partial charge >= 0.3 is 0 Å². The summed E-state index contributed by atoms with van der Waals surface area (Å²) in [5.74, 6) is 0.889. The normalized spacial score (nSPS) is 18.4. The number of hydrogen-bond donors (Lipinski definition) is 0. The van der Waals surface area contributed by atoms with Gasteiger partial charge < -0.3 is 9.47 Å². The van der Waals surface area contributed by atoms with Gasteiger partial charge in [-0.1, -0.05) is 18.2 Å². The number of methoxy groups -OCH3 is 1. The maximum atomic E-state index is 5.87. The van der Waals surface area contributed by atoms with Crippen LogP contribution in [0.2, 0.25) is 0 Å². The number of fused-ring (bicyclic) bond motifs is 1. The van der Waals surface area contributed by atoms with E-state index in [2.05, 4.69) is 45.2 Å². The number of nitrogens with zero attached hydrogens (tertiary/aromatic N) is 3. The van der Waals surface area contributed by atoms with E-state index in [0.29, 0.717) is 6.61 Å². The Kier molecular flexibility index (Phi) is 4.59. The smallest absolute Gasteiger partial charge is 0.119 e. The molecule has 0 unspecified atom stereocenters. The SMILES string of the molecule is COc1ccc2cc(CN3CCO[C@H](c4cnccn4)C3)ccc2c1. The maximum absolute atomic E-state index is 5.87. The Morgan fingerprint density at radius 1 is 1.16 bits per heavy atom. The van der Waals surface area contributed by atoms with Crippen molar-refractivity contribution < 1.29 is 9.47 Å². The largest absolute Gasteiger partial charge is 0.497 e. The summed E-state index contributed by atoms with van der Waals surface area (Å²) in [4.78, 5) is 10.9. The van der Waals surface area contributed by atoms with Crippen LogP contribution in [0, 0.1) is 0 Å². The second-order valence-electron chi connectivity index (χ2n) is 6.27. The van der Waals surface area contributed by atoms with Crippen molar-refractivity contribution in [2.24, 2.45) is 0 Å². The first-order valence-corrected chi connectivity index (χ1v) is 8.48. The van der Waals surface area contributed by atoms with E-state index in [1.165, 1.54) is 16.3 Å². The van der Waals surface area contributed by atoms with E-state index in [9.17, 15) is 0 Å². The van der Waals surface area contributed by atoms with Crippen LogP contribution >= 0.6 is 0 Å². The molecule has 0 aliphatic carbocycles. The van der Waals surface area contributed by atoms with Crippen LogP contribution in [0.4, 0.5) is 0 Å². The number of aromatic nitrogens is 2. The standard InChI is InChI=1S/C20H21N3O2/c1-24-18-5-4-16-10-15(2-3-17(16)11-18)13-23-8-9-25-20(14-23)19-12-21-6-7-22-19/h2-7,10-12,20H,8-9,13-14H2,1H3/t20-/m0/s1. The molecule has 0 bridgehead atoms. The summed E-state index contributed by atoms with van der Waals surface area (Å²) in [5, 5.41) is 2.43. The monoisotopic (exact) mass is 335 g/mol. The van der Waals surface area contributed by atoms with Gasteiger partial charge in [0.25, 0.3) is 0 Å². The van der Waals surface area contributed by atoms with Crippen LogP contribution in [-0.2, 0) is 11.3 Å². The van der Waals surface area contributed by atoms with Gasteiger partial charge in [-0.2, -0.15) is 0 Å². The summed E-state index contributed by atoms with van der Waals surface area (Å²) >= 11 is 0. The number of benzene rings is 2. The second-order valence-corrected chi connectivity index (χ2v) is 6.27. The molecular weight excluding hydrogens is 314 g/mol. The molecule has 0 saturated carbocycles. The van der Waals surface area contributed by atoms with E-state index in [0.717, 1.165) is 31.1 Å². The van der Waals surface area contributed by atoms with Crippen LogP contribution in [-0.4, -0.2) is 41.7 Å². The van der Waals surface area contributed by atoms with Crippen molar-refractivity contribution in [3.63, 3.8) is 0 Å². The highest BCUT2D eigenvalue weighted by Gasteiger charge is 2.23. The summed E-state index contributed by atoms with van der Waals surface area (Å²) in [6, 6.07) is 12.8. The molecule has 128 valence electrons. The molecule has 1 aromatic heterocycles. The quantitative estimate of drug-likeness (QED) is 0.733. The molecule has 2 heterocycles. The molecule has 0 spiro atoms. The molecule has 1 aliphatic rings. The molecule has 0 amide bonds. The third-order valence-corrected chi connectivity index (χ3v) is 4.58. The van der Waals surface area contributed by atoms with Gasteiger partial charge in [-0.3, -0.25) is 14.9 Å². The van der Waals surface area contributed by atoms with Crippen LogP contribution in [0.15, 0.2) is 55.0 Å². The Labute approximate surface area is 147 Å². The lowest BCUT2D eigenvalue weighted by Crippen LogP contribution is -2.38. The van der Waals surface area contributed by atoms with Gasteiger partial charge in [0.2, 0.25) is 0 Å². The maximum Gasteiger partial charge on any atom is 0.119 e.